The fraction of sp³-hybridized carbons (Fsp3) is 0.312. The van der Waals surface area contributed by atoms with Gasteiger partial charge in [-0.1, -0.05) is 37.3 Å². The van der Waals surface area contributed by atoms with E-state index in [1.165, 1.54) is 19.2 Å². The average Bonchev–Trinajstić information content (AvgIpc) is 3.07. The van der Waals surface area contributed by atoms with Gasteiger partial charge in [-0.25, -0.2) is 13.1 Å². The van der Waals surface area contributed by atoms with Crippen molar-refractivity contribution >= 4 is 15.9 Å². The first-order valence-electron chi connectivity index (χ1n) is 7.34. The summed E-state index contributed by atoms with van der Waals surface area (Å²) in [6.45, 7) is 2.50. The second-order valence-electron chi connectivity index (χ2n) is 5.05. The lowest BCUT2D eigenvalue weighted by molar-refractivity contribution is 0.0918. The maximum absolute atomic E-state index is 12.1. The van der Waals surface area contributed by atoms with E-state index in [4.69, 9.17) is 4.42 Å². The number of sulfonamides is 1. The number of amides is 1. The lowest BCUT2D eigenvalue weighted by Crippen LogP contribution is -2.28. The van der Waals surface area contributed by atoms with Crippen LogP contribution in [0.25, 0.3) is 0 Å². The van der Waals surface area contributed by atoms with Crippen LogP contribution in [-0.2, 0) is 10.0 Å². The van der Waals surface area contributed by atoms with Crippen LogP contribution >= 0.6 is 0 Å². The third-order valence-corrected chi connectivity index (χ3v) is 4.90. The number of benzene rings is 1. The molecule has 1 heterocycles. The normalized spacial score (nSPS) is 12.8. The highest BCUT2D eigenvalue weighted by molar-refractivity contribution is 7.89. The Hall–Kier alpha value is -2.12. The molecular weight excluding hydrogens is 316 g/mol. The lowest BCUT2D eigenvalue weighted by atomic mass is 9.96. The Bertz CT molecular complexity index is 753. The Morgan fingerprint density at radius 2 is 1.87 bits per heavy atom. The van der Waals surface area contributed by atoms with Crippen LogP contribution in [0.4, 0.5) is 0 Å². The Morgan fingerprint density at radius 3 is 2.48 bits per heavy atom. The fourth-order valence-corrected chi connectivity index (χ4v) is 2.86. The molecule has 6 nitrogen and oxygen atoms in total. The molecule has 124 valence electrons. The topological polar surface area (TPSA) is 88.4 Å². The van der Waals surface area contributed by atoms with Gasteiger partial charge in [0.15, 0.2) is 5.76 Å². The molecule has 1 aromatic heterocycles. The van der Waals surface area contributed by atoms with Gasteiger partial charge in [0.1, 0.15) is 0 Å². The van der Waals surface area contributed by atoms with Crippen molar-refractivity contribution in [1.29, 1.82) is 0 Å². The maximum Gasteiger partial charge on any atom is 0.287 e. The molecule has 2 aromatic rings. The van der Waals surface area contributed by atoms with Crippen molar-refractivity contribution in [1.82, 2.24) is 10.0 Å². The van der Waals surface area contributed by atoms with Crippen LogP contribution in [0.2, 0.25) is 0 Å². The number of rotatable bonds is 7. The SMILES string of the molecule is CCC(CNC(=O)c1ccc(S(=O)(=O)NC)o1)c1ccccc1. The van der Waals surface area contributed by atoms with Crippen LogP contribution in [0.15, 0.2) is 52.0 Å². The lowest BCUT2D eigenvalue weighted by Gasteiger charge is -2.15. The predicted molar refractivity (Wildman–Crippen MR) is 86.8 cm³/mol. The highest BCUT2D eigenvalue weighted by atomic mass is 32.2. The molecule has 0 saturated heterocycles. The molecule has 7 heteroatoms. The van der Waals surface area contributed by atoms with Crippen LogP contribution in [-0.4, -0.2) is 27.9 Å². The molecule has 23 heavy (non-hydrogen) atoms. The van der Waals surface area contributed by atoms with Crippen molar-refractivity contribution in [2.24, 2.45) is 0 Å². The molecule has 0 bridgehead atoms. The quantitative estimate of drug-likeness (QED) is 0.810. The first-order valence-corrected chi connectivity index (χ1v) is 8.82. The van der Waals surface area contributed by atoms with Gasteiger partial charge in [-0.2, -0.15) is 0 Å². The zero-order valence-corrected chi connectivity index (χ0v) is 13.9. The zero-order chi connectivity index (χ0) is 16.9. The second kappa shape index (κ2) is 7.43. The van der Waals surface area contributed by atoms with Gasteiger partial charge >= 0.3 is 0 Å². The van der Waals surface area contributed by atoms with Crippen molar-refractivity contribution in [3.05, 3.63) is 53.8 Å². The van der Waals surface area contributed by atoms with Gasteiger partial charge in [0.25, 0.3) is 15.9 Å². The summed E-state index contributed by atoms with van der Waals surface area (Å²) in [5.74, 6) is -0.269. The van der Waals surface area contributed by atoms with E-state index in [0.717, 1.165) is 12.0 Å². The molecule has 1 aromatic carbocycles. The monoisotopic (exact) mass is 336 g/mol. The summed E-state index contributed by atoms with van der Waals surface area (Å²) < 4.78 is 30.4. The molecule has 0 radical (unpaired) electrons. The summed E-state index contributed by atoms with van der Waals surface area (Å²) in [6, 6.07) is 12.5. The van der Waals surface area contributed by atoms with Gasteiger partial charge in [-0.3, -0.25) is 4.79 Å². The van der Waals surface area contributed by atoms with E-state index in [1.54, 1.807) is 0 Å². The Balaban J connectivity index is 2.02. The first kappa shape index (κ1) is 17.2. The smallest absolute Gasteiger partial charge is 0.287 e. The van der Waals surface area contributed by atoms with E-state index in [1.807, 2.05) is 37.3 Å². The number of nitrogens with one attached hydrogen (secondary N) is 2. The Kier molecular flexibility index (Phi) is 5.57. The van der Waals surface area contributed by atoms with Crippen LogP contribution < -0.4 is 10.0 Å². The van der Waals surface area contributed by atoms with Crippen LogP contribution in [0.1, 0.15) is 35.4 Å². The van der Waals surface area contributed by atoms with Gasteiger partial charge in [0.05, 0.1) is 0 Å². The molecule has 0 aliphatic heterocycles. The molecule has 0 saturated carbocycles. The number of hydrogen-bond acceptors (Lipinski definition) is 4. The highest BCUT2D eigenvalue weighted by Crippen LogP contribution is 2.18. The number of carbonyl (C=O) groups excluding carboxylic acids is 1. The van der Waals surface area contributed by atoms with Gasteiger partial charge in [-0.05, 0) is 31.2 Å². The second-order valence-corrected chi connectivity index (χ2v) is 6.87. The third-order valence-electron chi connectivity index (χ3n) is 3.61. The molecule has 1 unspecified atom stereocenters. The summed E-state index contributed by atoms with van der Waals surface area (Å²) in [5, 5.41) is 2.51. The molecule has 0 spiro atoms. The van der Waals surface area contributed by atoms with E-state index >= 15 is 0 Å². The molecule has 0 aliphatic rings. The van der Waals surface area contributed by atoms with Crippen molar-refractivity contribution in [2.75, 3.05) is 13.6 Å². The zero-order valence-electron chi connectivity index (χ0n) is 13.1. The maximum atomic E-state index is 12.1. The van der Waals surface area contributed by atoms with Crippen molar-refractivity contribution < 1.29 is 17.6 Å². The summed E-state index contributed by atoms with van der Waals surface area (Å²) in [4.78, 5) is 12.1. The summed E-state index contributed by atoms with van der Waals surface area (Å²) in [7, 11) is -2.41. The fourth-order valence-electron chi connectivity index (χ4n) is 2.21. The van der Waals surface area contributed by atoms with Crippen LogP contribution in [0, 0.1) is 0 Å². The van der Waals surface area contributed by atoms with Crippen molar-refractivity contribution in [2.45, 2.75) is 24.4 Å². The Labute approximate surface area is 135 Å². The minimum Gasteiger partial charge on any atom is -0.438 e. The van der Waals surface area contributed by atoms with E-state index in [9.17, 15) is 13.2 Å². The van der Waals surface area contributed by atoms with Crippen molar-refractivity contribution in [3.63, 3.8) is 0 Å². The predicted octanol–water partition coefficient (Wildman–Crippen LogP) is 2.11. The molecular formula is C16H20N2O4S. The number of hydrogen-bond donors (Lipinski definition) is 2. The largest absolute Gasteiger partial charge is 0.438 e. The van der Waals surface area contributed by atoms with E-state index < -0.39 is 15.9 Å². The minimum absolute atomic E-state index is 0.0262. The number of carbonyl (C=O) groups is 1. The molecule has 2 rings (SSSR count). The molecule has 1 atom stereocenters. The summed E-state index contributed by atoms with van der Waals surface area (Å²) >= 11 is 0. The van der Waals surface area contributed by atoms with Crippen LogP contribution in [0.3, 0.4) is 0 Å². The van der Waals surface area contributed by atoms with Crippen LogP contribution in [0.5, 0.6) is 0 Å². The average molecular weight is 336 g/mol. The standard InChI is InChI=1S/C16H20N2O4S/c1-3-12(13-7-5-4-6-8-13)11-18-16(19)14-9-10-15(22-14)23(20,21)17-2/h4-10,12,17H,3,11H2,1-2H3,(H,18,19). The van der Waals surface area contributed by atoms with E-state index in [0.29, 0.717) is 6.54 Å². The van der Waals surface area contributed by atoms with Gasteiger partial charge < -0.3 is 9.73 Å². The molecule has 1 amide bonds. The first-order chi connectivity index (χ1) is 11.0. The minimum atomic E-state index is -3.69. The third kappa shape index (κ3) is 4.20. The van der Waals surface area contributed by atoms with Gasteiger partial charge in [0.2, 0.25) is 5.09 Å². The van der Waals surface area contributed by atoms with Gasteiger partial charge in [-0.15, -0.1) is 0 Å². The number of furan rings is 1. The van der Waals surface area contributed by atoms with Crippen molar-refractivity contribution in [3.8, 4) is 0 Å². The van der Waals surface area contributed by atoms with E-state index in [-0.39, 0.29) is 16.8 Å². The van der Waals surface area contributed by atoms with Gasteiger partial charge in [0, 0.05) is 12.5 Å². The molecule has 0 aliphatic carbocycles. The summed E-state index contributed by atoms with van der Waals surface area (Å²) in [6.07, 6.45) is 0.877. The highest BCUT2D eigenvalue weighted by Gasteiger charge is 2.20. The molecule has 2 N–H and O–H groups in total. The Morgan fingerprint density at radius 1 is 1.17 bits per heavy atom. The molecule has 0 fully saturated rings. The summed E-state index contributed by atoms with van der Waals surface area (Å²) in [5.41, 5.74) is 1.15. The van der Waals surface area contributed by atoms with E-state index in [2.05, 4.69) is 10.0 Å².